The number of hydrogen-bond donors (Lipinski definition) is 1. The summed E-state index contributed by atoms with van der Waals surface area (Å²) in [6.07, 6.45) is 11.9. The standard InChI is InChI=1S/C21H33NO2/c1-20-9-7-15(24-12-11-22)13-14(20)3-4-16-17-5-6-19(23)21(17,2)10-8-18(16)20/h3,15-18H,4-13,22H2,1-2H3/t15-,16+,17+,18+,20+,21+/m1/s1. The molecule has 0 unspecified atom stereocenters. The number of ketones is 1. The SMILES string of the molecule is C[C@]12CC[C@@H](OCCN)CC1=CC[C@@H]1[C@@H]2CC[C@]2(C)C(=O)CC[C@@H]12. The lowest BCUT2D eigenvalue weighted by Crippen LogP contribution is -2.50. The van der Waals surface area contributed by atoms with Crippen molar-refractivity contribution < 1.29 is 9.53 Å². The van der Waals surface area contributed by atoms with Crippen molar-refractivity contribution in [1.82, 2.24) is 0 Å². The Hall–Kier alpha value is -0.670. The molecule has 0 amide bonds. The fourth-order valence-electron chi connectivity index (χ4n) is 6.78. The van der Waals surface area contributed by atoms with Crippen LogP contribution in [-0.4, -0.2) is 25.0 Å². The van der Waals surface area contributed by atoms with Gasteiger partial charge in [-0.25, -0.2) is 0 Å². The van der Waals surface area contributed by atoms with Gasteiger partial charge in [0.15, 0.2) is 0 Å². The van der Waals surface area contributed by atoms with E-state index in [1.54, 1.807) is 5.57 Å². The zero-order valence-corrected chi connectivity index (χ0v) is 15.4. The van der Waals surface area contributed by atoms with Gasteiger partial charge in [0.05, 0.1) is 12.7 Å². The summed E-state index contributed by atoms with van der Waals surface area (Å²) in [5.41, 5.74) is 7.58. The molecule has 0 saturated heterocycles. The van der Waals surface area contributed by atoms with Crippen molar-refractivity contribution >= 4 is 5.78 Å². The summed E-state index contributed by atoms with van der Waals surface area (Å²) in [7, 11) is 0. The highest BCUT2D eigenvalue weighted by Crippen LogP contribution is 2.64. The molecule has 0 aromatic rings. The highest BCUT2D eigenvalue weighted by molar-refractivity contribution is 5.87. The zero-order chi connectivity index (χ0) is 16.9. The first-order chi connectivity index (χ1) is 11.5. The van der Waals surface area contributed by atoms with E-state index in [4.69, 9.17) is 10.5 Å². The Morgan fingerprint density at radius 2 is 1.92 bits per heavy atom. The number of Topliss-reactive ketones (excluding diaryl/α,β-unsaturated/α-hetero) is 1. The van der Waals surface area contributed by atoms with Gasteiger partial charge >= 0.3 is 0 Å². The Morgan fingerprint density at radius 3 is 2.71 bits per heavy atom. The smallest absolute Gasteiger partial charge is 0.139 e. The Kier molecular flexibility index (Phi) is 4.16. The van der Waals surface area contributed by atoms with Crippen LogP contribution in [0, 0.1) is 28.6 Å². The molecule has 24 heavy (non-hydrogen) atoms. The summed E-state index contributed by atoms with van der Waals surface area (Å²) in [6.45, 7) is 6.08. The van der Waals surface area contributed by atoms with Crippen LogP contribution in [0.5, 0.6) is 0 Å². The molecule has 3 heteroatoms. The summed E-state index contributed by atoms with van der Waals surface area (Å²) < 4.78 is 5.95. The largest absolute Gasteiger partial charge is 0.377 e. The summed E-state index contributed by atoms with van der Waals surface area (Å²) in [5.74, 6) is 2.68. The molecule has 3 saturated carbocycles. The second kappa shape index (κ2) is 5.95. The molecular weight excluding hydrogens is 298 g/mol. The lowest BCUT2D eigenvalue weighted by molar-refractivity contribution is -0.132. The molecule has 4 rings (SSSR count). The van der Waals surface area contributed by atoms with Crippen molar-refractivity contribution in [3.8, 4) is 0 Å². The fourth-order valence-corrected chi connectivity index (χ4v) is 6.78. The molecule has 6 atom stereocenters. The molecule has 3 nitrogen and oxygen atoms in total. The average molecular weight is 332 g/mol. The number of carbonyl (C=O) groups excluding carboxylic acids is 1. The van der Waals surface area contributed by atoms with Gasteiger partial charge in [-0.2, -0.15) is 0 Å². The molecule has 4 aliphatic rings. The summed E-state index contributed by atoms with van der Waals surface area (Å²) in [6, 6.07) is 0. The number of rotatable bonds is 3. The lowest BCUT2D eigenvalue weighted by Gasteiger charge is -2.57. The van der Waals surface area contributed by atoms with E-state index in [2.05, 4.69) is 19.9 Å². The van der Waals surface area contributed by atoms with Crippen LogP contribution >= 0.6 is 0 Å². The maximum atomic E-state index is 12.5. The van der Waals surface area contributed by atoms with Crippen LogP contribution < -0.4 is 5.73 Å². The first-order valence-corrected chi connectivity index (χ1v) is 10.0. The van der Waals surface area contributed by atoms with Crippen LogP contribution in [0.4, 0.5) is 0 Å². The molecule has 0 aliphatic heterocycles. The van der Waals surface area contributed by atoms with Crippen molar-refractivity contribution in [2.45, 2.75) is 71.3 Å². The number of ether oxygens (including phenoxy) is 1. The van der Waals surface area contributed by atoms with Gasteiger partial charge in [-0.3, -0.25) is 4.79 Å². The number of nitrogens with two attached hydrogens (primary N) is 1. The molecule has 0 radical (unpaired) electrons. The predicted molar refractivity (Wildman–Crippen MR) is 95.5 cm³/mol. The molecule has 0 heterocycles. The van der Waals surface area contributed by atoms with Crippen LogP contribution in [0.3, 0.4) is 0 Å². The van der Waals surface area contributed by atoms with Crippen molar-refractivity contribution in [2.75, 3.05) is 13.2 Å². The van der Waals surface area contributed by atoms with Crippen LogP contribution in [0.15, 0.2) is 11.6 Å². The molecule has 0 spiro atoms. The van der Waals surface area contributed by atoms with Crippen molar-refractivity contribution in [1.29, 1.82) is 0 Å². The predicted octanol–water partition coefficient (Wildman–Crippen LogP) is 3.86. The molecule has 3 fully saturated rings. The van der Waals surface area contributed by atoms with Gasteiger partial charge in [0.25, 0.3) is 0 Å². The fraction of sp³-hybridized carbons (Fsp3) is 0.857. The van der Waals surface area contributed by atoms with Crippen molar-refractivity contribution in [3.63, 3.8) is 0 Å². The minimum atomic E-state index is -0.00961. The molecule has 0 aromatic carbocycles. The molecular formula is C21H33NO2. The van der Waals surface area contributed by atoms with E-state index in [0.29, 0.717) is 36.4 Å². The van der Waals surface area contributed by atoms with Gasteiger partial charge in [0.2, 0.25) is 0 Å². The molecule has 4 aliphatic carbocycles. The molecule has 134 valence electrons. The minimum Gasteiger partial charge on any atom is -0.377 e. The van der Waals surface area contributed by atoms with Gasteiger partial charge in [-0.05, 0) is 68.1 Å². The highest BCUT2D eigenvalue weighted by atomic mass is 16.5. The number of carbonyl (C=O) groups is 1. The third-order valence-corrected chi connectivity index (χ3v) is 8.24. The third-order valence-electron chi connectivity index (χ3n) is 8.24. The van der Waals surface area contributed by atoms with E-state index >= 15 is 0 Å². The van der Waals surface area contributed by atoms with Crippen LogP contribution in [0.2, 0.25) is 0 Å². The van der Waals surface area contributed by atoms with E-state index in [1.807, 2.05) is 0 Å². The van der Waals surface area contributed by atoms with Crippen molar-refractivity contribution in [3.05, 3.63) is 11.6 Å². The van der Waals surface area contributed by atoms with Crippen LogP contribution in [0.1, 0.15) is 65.2 Å². The van der Waals surface area contributed by atoms with Gasteiger partial charge < -0.3 is 10.5 Å². The van der Waals surface area contributed by atoms with Crippen LogP contribution in [-0.2, 0) is 9.53 Å². The second-order valence-corrected chi connectivity index (χ2v) is 9.20. The Bertz CT molecular complexity index is 556. The monoisotopic (exact) mass is 331 g/mol. The Labute approximate surface area is 146 Å². The third kappa shape index (κ3) is 2.34. The molecule has 0 bridgehead atoms. The highest BCUT2D eigenvalue weighted by Gasteiger charge is 2.58. The summed E-state index contributed by atoms with van der Waals surface area (Å²) >= 11 is 0. The minimum absolute atomic E-state index is 0.00961. The Balaban J connectivity index is 1.56. The van der Waals surface area contributed by atoms with Crippen molar-refractivity contribution in [2.24, 2.45) is 34.3 Å². The molecule has 0 aromatic heterocycles. The maximum absolute atomic E-state index is 12.5. The number of fused-ring (bicyclic) bond motifs is 5. The van der Waals surface area contributed by atoms with Gasteiger partial charge in [-0.15, -0.1) is 0 Å². The average Bonchev–Trinajstić information content (AvgIpc) is 2.88. The number of hydrogen-bond acceptors (Lipinski definition) is 3. The normalized spacial score (nSPS) is 47.6. The summed E-state index contributed by atoms with van der Waals surface area (Å²) in [4.78, 5) is 12.5. The first-order valence-electron chi connectivity index (χ1n) is 10.0. The number of allylic oxidation sites excluding steroid dienone is 1. The van der Waals surface area contributed by atoms with Gasteiger partial charge in [-0.1, -0.05) is 25.5 Å². The Morgan fingerprint density at radius 1 is 1.17 bits per heavy atom. The second-order valence-electron chi connectivity index (χ2n) is 9.20. The zero-order valence-electron chi connectivity index (χ0n) is 15.4. The van der Waals surface area contributed by atoms with E-state index in [0.717, 1.165) is 43.9 Å². The van der Waals surface area contributed by atoms with Gasteiger partial charge in [0.1, 0.15) is 5.78 Å². The molecule has 2 N–H and O–H groups in total. The topological polar surface area (TPSA) is 52.3 Å². The van der Waals surface area contributed by atoms with Gasteiger partial charge in [0, 0.05) is 18.4 Å². The lowest BCUT2D eigenvalue weighted by atomic mass is 9.48. The maximum Gasteiger partial charge on any atom is 0.139 e. The van der Waals surface area contributed by atoms with E-state index in [1.165, 1.54) is 19.3 Å². The van der Waals surface area contributed by atoms with Crippen LogP contribution in [0.25, 0.3) is 0 Å². The van der Waals surface area contributed by atoms with E-state index in [9.17, 15) is 4.79 Å². The summed E-state index contributed by atoms with van der Waals surface area (Å²) in [5, 5.41) is 0. The quantitative estimate of drug-likeness (QED) is 0.799. The first kappa shape index (κ1) is 16.8. The van der Waals surface area contributed by atoms with E-state index in [-0.39, 0.29) is 5.41 Å². The van der Waals surface area contributed by atoms with E-state index < -0.39 is 0 Å².